The number of aryl methyl sites for hydroxylation is 1. The van der Waals surface area contributed by atoms with Gasteiger partial charge in [-0.1, -0.05) is 19.1 Å². The van der Waals surface area contributed by atoms with Crippen LogP contribution in [0.1, 0.15) is 74.6 Å². The standard InChI is InChI=1S/C28H39FN6O2/c1-4-16-12-19(36)7-8-20(16)21-9-10-22-26(25(21)29)33-34-27(22)28-31-15-23(32-28)17-11-18(30-14-17)13-24(37)35(5-2)6-3/h7-8,11-12,15,18,21-22,25-27,30,33-34,36H,4-6,9-10,13-14H2,1-3H3,(H,31,32)/t18-,21?,22?,25?,26?,27?/m1/s1. The molecule has 0 spiro atoms. The number of amides is 1. The van der Waals surface area contributed by atoms with Crippen LogP contribution in [-0.2, 0) is 11.2 Å². The lowest BCUT2D eigenvalue weighted by Crippen LogP contribution is -2.45. The van der Waals surface area contributed by atoms with E-state index in [1.54, 1.807) is 12.1 Å². The molecule has 1 aromatic carbocycles. The van der Waals surface area contributed by atoms with E-state index in [0.29, 0.717) is 13.0 Å². The highest BCUT2D eigenvalue weighted by molar-refractivity contribution is 5.78. The van der Waals surface area contributed by atoms with Crippen LogP contribution in [-0.4, -0.2) is 63.8 Å². The number of H-pyrrole nitrogens is 1. The molecule has 5 rings (SSSR count). The molecule has 6 atom stereocenters. The fraction of sp³-hybridized carbons (Fsp3) is 0.571. The lowest BCUT2D eigenvalue weighted by Gasteiger charge is -2.36. The van der Waals surface area contributed by atoms with Crippen LogP contribution in [0.5, 0.6) is 5.75 Å². The predicted octanol–water partition coefficient (Wildman–Crippen LogP) is 3.34. The number of benzene rings is 1. The zero-order chi connectivity index (χ0) is 26.1. The topological polar surface area (TPSA) is 105 Å². The van der Waals surface area contributed by atoms with E-state index >= 15 is 4.39 Å². The van der Waals surface area contributed by atoms with Crippen molar-refractivity contribution in [1.29, 1.82) is 0 Å². The lowest BCUT2D eigenvalue weighted by atomic mass is 9.71. The Labute approximate surface area is 218 Å². The molecule has 8 nitrogen and oxygen atoms in total. The van der Waals surface area contributed by atoms with Gasteiger partial charge in [0.15, 0.2) is 0 Å². The number of aromatic nitrogens is 2. The number of hydrogen-bond donors (Lipinski definition) is 5. The summed E-state index contributed by atoms with van der Waals surface area (Å²) < 4.78 is 15.9. The number of carbonyl (C=O) groups is 1. The summed E-state index contributed by atoms with van der Waals surface area (Å²) in [5, 5.41) is 13.3. The molecule has 5 N–H and O–H groups in total. The number of nitrogens with zero attached hydrogens (tertiary/aromatic N) is 2. The molecule has 1 saturated carbocycles. The van der Waals surface area contributed by atoms with Gasteiger partial charge in [-0.2, -0.15) is 0 Å². The molecular weight excluding hydrogens is 471 g/mol. The lowest BCUT2D eigenvalue weighted by molar-refractivity contribution is -0.131. The van der Waals surface area contributed by atoms with E-state index in [-0.39, 0.29) is 41.6 Å². The van der Waals surface area contributed by atoms with E-state index in [2.05, 4.69) is 32.2 Å². The second kappa shape index (κ2) is 10.9. The maximum Gasteiger partial charge on any atom is 0.224 e. The summed E-state index contributed by atoms with van der Waals surface area (Å²) in [6.07, 6.45) is 5.77. The SMILES string of the molecule is CCc1cc(O)ccc1C1CCC2C(c3ncc(C4=C[C@H](CC(=O)N(CC)CC)NC4)[nH]3)NNC2C1F. The van der Waals surface area contributed by atoms with Gasteiger partial charge in [-0.05, 0) is 61.9 Å². The van der Waals surface area contributed by atoms with Crippen LogP contribution in [0, 0.1) is 5.92 Å². The first-order valence-electron chi connectivity index (χ1n) is 13.7. The fourth-order valence-electron chi connectivity index (χ4n) is 6.38. The molecule has 2 aromatic rings. The van der Waals surface area contributed by atoms with Crippen molar-refractivity contribution in [2.75, 3.05) is 19.6 Å². The number of hydrogen-bond acceptors (Lipinski definition) is 6. The van der Waals surface area contributed by atoms with Gasteiger partial charge >= 0.3 is 0 Å². The third kappa shape index (κ3) is 5.04. The number of phenolic OH excluding ortho intramolecular Hbond substituents is 1. The van der Waals surface area contributed by atoms with Crippen LogP contribution in [0.4, 0.5) is 4.39 Å². The van der Waals surface area contributed by atoms with Crippen LogP contribution in [0.3, 0.4) is 0 Å². The van der Waals surface area contributed by atoms with Crippen LogP contribution in [0.25, 0.3) is 5.57 Å². The van der Waals surface area contributed by atoms with Gasteiger partial charge in [0.05, 0.1) is 24.0 Å². The molecule has 37 heavy (non-hydrogen) atoms. The zero-order valence-electron chi connectivity index (χ0n) is 21.9. The Balaban J connectivity index is 1.25. The fourth-order valence-corrected chi connectivity index (χ4v) is 6.38. The maximum absolute atomic E-state index is 15.9. The molecule has 1 saturated heterocycles. The van der Waals surface area contributed by atoms with E-state index in [0.717, 1.165) is 60.6 Å². The summed E-state index contributed by atoms with van der Waals surface area (Å²) in [4.78, 5) is 22.5. The Morgan fingerprint density at radius 1 is 1.19 bits per heavy atom. The van der Waals surface area contributed by atoms with Crippen molar-refractivity contribution >= 4 is 11.5 Å². The summed E-state index contributed by atoms with van der Waals surface area (Å²) in [6, 6.07) is 4.92. The van der Waals surface area contributed by atoms with E-state index < -0.39 is 6.17 Å². The van der Waals surface area contributed by atoms with Gasteiger partial charge in [0.1, 0.15) is 17.7 Å². The zero-order valence-corrected chi connectivity index (χ0v) is 21.9. The number of aromatic amines is 1. The van der Waals surface area contributed by atoms with Crippen molar-refractivity contribution in [3.05, 3.63) is 53.1 Å². The molecule has 3 heterocycles. The summed E-state index contributed by atoms with van der Waals surface area (Å²) >= 11 is 0. The first-order chi connectivity index (χ1) is 17.9. The summed E-state index contributed by atoms with van der Waals surface area (Å²) in [5.41, 5.74) is 10.6. The van der Waals surface area contributed by atoms with Crippen molar-refractivity contribution in [1.82, 2.24) is 31.0 Å². The molecule has 0 radical (unpaired) electrons. The molecule has 1 amide bonds. The van der Waals surface area contributed by atoms with Crippen LogP contribution < -0.4 is 16.2 Å². The highest BCUT2D eigenvalue weighted by atomic mass is 19.1. The van der Waals surface area contributed by atoms with Crippen LogP contribution >= 0.6 is 0 Å². The number of phenols is 1. The Bertz CT molecular complexity index is 1150. The van der Waals surface area contributed by atoms with Crippen LogP contribution in [0.2, 0.25) is 0 Å². The first kappa shape index (κ1) is 25.9. The number of imidazole rings is 1. The minimum Gasteiger partial charge on any atom is -0.508 e. The molecule has 0 bridgehead atoms. The number of nitrogens with one attached hydrogen (secondary N) is 4. The number of hydrazine groups is 1. The Morgan fingerprint density at radius 2 is 2.00 bits per heavy atom. The number of halogens is 1. The summed E-state index contributed by atoms with van der Waals surface area (Å²) in [7, 11) is 0. The normalized spacial score (nSPS) is 29.2. The average molecular weight is 511 g/mol. The molecule has 1 aromatic heterocycles. The average Bonchev–Trinajstić information content (AvgIpc) is 3.65. The van der Waals surface area contributed by atoms with Crippen molar-refractivity contribution in [2.24, 2.45) is 5.92 Å². The minimum absolute atomic E-state index is 0.0148. The molecule has 2 aliphatic heterocycles. The third-order valence-corrected chi connectivity index (χ3v) is 8.44. The minimum atomic E-state index is -1.04. The van der Waals surface area contributed by atoms with Crippen molar-refractivity contribution in [2.45, 2.75) is 76.7 Å². The quantitative estimate of drug-likeness (QED) is 0.373. The highest BCUT2D eigenvalue weighted by Gasteiger charge is 2.48. The highest BCUT2D eigenvalue weighted by Crippen LogP contribution is 2.45. The van der Waals surface area contributed by atoms with Gasteiger partial charge in [-0.25, -0.2) is 14.8 Å². The molecule has 200 valence electrons. The van der Waals surface area contributed by atoms with Gasteiger partial charge in [0.25, 0.3) is 0 Å². The molecule has 9 heteroatoms. The summed E-state index contributed by atoms with van der Waals surface area (Å²) in [6.45, 7) is 8.17. The van der Waals surface area contributed by atoms with Gasteiger partial charge in [0, 0.05) is 43.9 Å². The molecular formula is C28H39FN6O2. The molecule has 2 fully saturated rings. The first-order valence-corrected chi connectivity index (χ1v) is 13.7. The predicted molar refractivity (Wildman–Crippen MR) is 142 cm³/mol. The number of rotatable bonds is 8. The molecule has 3 aliphatic rings. The van der Waals surface area contributed by atoms with E-state index in [4.69, 9.17) is 0 Å². The largest absolute Gasteiger partial charge is 0.508 e. The Kier molecular flexibility index (Phi) is 7.65. The van der Waals surface area contributed by atoms with Gasteiger partial charge in [-0.15, -0.1) is 0 Å². The van der Waals surface area contributed by atoms with E-state index in [1.165, 1.54) is 0 Å². The number of fused-ring (bicyclic) bond motifs is 1. The van der Waals surface area contributed by atoms with Crippen LogP contribution in [0.15, 0.2) is 30.5 Å². The summed E-state index contributed by atoms with van der Waals surface area (Å²) in [5.74, 6) is 1.09. The van der Waals surface area contributed by atoms with Crippen molar-refractivity contribution in [3.8, 4) is 5.75 Å². The smallest absolute Gasteiger partial charge is 0.224 e. The monoisotopic (exact) mass is 510 g/mol. The Morgan fingerprint density at radius 3 is 2.76 bits per heavy atom. The third-order valence-electron chi connectivity index (χ3n) is 8.44. The second-order valence-electron chi connectivity index (χ2n) is 10.5. The molecule has 1 aliphatic carbocycles. The van der Waals surface area contributed by atoms with E-state index in [9.17, 15) is 9.90 Å². The van der Waals surface area contributed by atoms with Gasteiger partial charge in [-0.3, -0.25) is 10.2 Å². The van der Waals surface area contributed by atoms with Crippen molar-refractivity contribution in [3.63, 3.8) is 0 Å². The van der Waals surface area contributed by atoms with Gasteiger partial charge < -0.3 is 20.3 Å². The number of alkyl halides is 1. The second-order valence-corrected chi connectivity index (χ2v) is 10.5. The molecule has 5 unspecified atom stereocenters. The number of carbonyl (C=O) groups excluding carboxylic acids is 1. The Hall–Kier alpha value is -2.75. The van der Waals surface area contributed by atoms with E-state index in [1.807, 2.05) is 37.9 Å². The van der Waals surface area contributed by atoms with Crippen molar-refractivity contribution < 1.29 is 14.3 Å². The number of aromatic hydroxyl groups is 1. The maximum atomic E-state index is 15.9. The van der Waals surface area contributed by atoms with Gasteiger partial charge in [0.2, 0.25) is 5.91 Å².